The molecule has 2 rings (SSSR count). The first-order chi connectivity index (χ1) is 11.1. The zero-order valence-electron chi connectivity index (χ0n) is 15.6. The second-order valence-electron chi connectivity index (χ2n) is 8.39. The van der Waals surface area contributed by atoms with E-state index in [2.05, 4.69) is 93.9 Å². The van der Waals surface area contributed by atoms with Crippen LogP contribution in [-0.2, 0) is 8.75 Å². The molecule has 0 aliphatic rings. The Hall–Kier alpha value is 0.0662. The van der Waals surface area contributed by atoms with Crippen LogP contribution in [0, 0.1) is 0 Å². The predicted molar refractivity (Wildman–Crippen MR) is 112 cm³/mol. The third kappa shape index (κ3) is 3.91. The minimum absolute atomic E-state index is 0.378. The number of pyridine rings is 2. The van der Waals surface area contributed by atoms with Crippen molar-refractivity contribution in [1.82, 2.24) is 9.97 Å². The second kappa shape index (κ2) is 7.75. The van der Waals surface area contributed by atoms with E-state index in [0.717, 1.165) is 0 Å². The first-order valence-corrected chi connectivity index (χ1v) is 24.9. The number of rotatable bonds is 6. The molecule has 2 aromatic heterocycles. The van der Waals surface area contributed by atoms with Crippen molar-refractivity contribution in [3.8, 4) is 0 Å². The van der Waals surface area contributed by atoms with Gasteiger partial charge in [-0.2, -0.15) is 0 Å². The Morgan fingerprint density at radius 1 is 0.875 bits per heavy atom. The Labute approximate surface area is 163 Å². The molecule has 2 nitrogen and oxygen atoms in total. The summed E-state index contributed by atoms with van der Waals surface area (Å²) < 4.78 is 0.378. The molecule has 2 heterocycles. The molecular formula is C18H28GeN2Si2Te. The Bertz CT molecular complexity index is 680. The molecular weight excluding hydrogens is 501 g/mol. The van der Waals surface area contributed by atoms with Gasteiger partial charge < -0.3 is 0 Å². The van der Waals surface area contributed by atoms with Crippen LogP contribution in [-0.4, -0.2) is 56.0 Å². The quantitative estimate of drug-likeness (QED) is 0.531. The Balaban J connectivity index is 2.64. The van der Waals surface area contributed by atoms with Crippen molar-refractivity contribution in [2.24, 2.45) is 0 Å². The molecule has 6 heteroatoms. The van der Waals surface area contributed by atoms with E-state index >= 15 is 0 Å². The average Bonchev–Trinajstić information content (AvgIpc) is 2.47. The van der Waals surface area contributed by atoms with Crippen LogP contribution < -0.4 is 0 Å². The van der Waals surface area contributed by atoms with E-state index in [9.17, 15) is 0 Å². The number of nitrogens with zero attached hydrogens (tertiary/aromatic N) is 2. The zero-order valence-corrected chi connectivity index (χ0v) is 22.1. The fourth-order valence-electron chi connectivity index (χ4n) is 4.26. The van der Waals surface area contributed by atoms with E-state index in [1.165, 1.54) is 16.6 Å². The molecule has 0 saturated carbocycles. The maximum absolute atomic E-state index is 4.94. The van der Waals surface area contributed by atoms with Crippen LogP contribution in [0.1, 0.15) is 11.4 Å². The van der Waals surface area contributed by atoms with Crippen LogP contribution in [0.5, 0.6) is 0 Å². The van der Waals surface area contributed by atoms with Crippen molar-refractivity contribution in [3.63, 3.8) is 0 Å². The van der Waals surface area contributed by atoms with Gasteiger partial charge in [0.05, 0.1) is 0 Å². The summed E-state index contributed by atoms with van der Waals surface area (Å²) in [5.41, 5.74) is 2.66. The van der Waals surface area contributed by atoms with Crippen molar-refractivity contribution in [3.05, 3.63) is 60.2 Å². The minimum atomic E-state index is -1.48. The molecule has 0 saturated heterocycles. The number of hydrogen-bond acceptors (Lipinski definition) is 2. The van der Waals surface area contributed by atoms with E-state index < -0.39 is 26.7 Å². The van der Waals surface area contributed by atoms with Gasteiger partial charge in [-0.15, -0.1) is 0 Å². The zero-order chi connectivity index (χ0) is 18.0. The van der Waals surface area contributed by atoms with Gasteiger partial charge in [-0.1, -0.05) is 0 Å². The second-order valence-corrected chi connectivity index (χ2v) is 32.9. The Kier molecular flexibility index (Phi) is 6.58. The molecule has 0 unspecified atom stereocenters. The van der Waals surface area contributed by atoms with Crippen LogP contribution in [0.25, 0.3) is 0 Å². The van der Waals surface area contributed by atoms with Gasteiger partial charge in [-0.25, -0.2) is 0 Å². The molecule has 0 atom stereocenters. The van der Waals surface area contributed by atoms with E-state index in [1.807, 2.05) is 18.5 Å². The molecule has 24 heavy (non-hydrogen) atoms. The summed E-state index contributed by atoms with van der Waals surface area (Å²) >= 11 is 2.51. The van der Waals surface area contributed by atoms with Gasteiger partial charge in [-0.05, 0) is 0 Å². The Morgan fingerprint density at radius 3 is 1.83 bits per heavy atom. The number of aromatic nitrogens is 2. The first-order valence-electron chi connectivity index (χ1n) is 8.45. The fraction of sp³-hybridized carbons (Fsp3) is 0.444. The van der Waals surface area contributed by atoms with Gasteiger partial charge >= 0.3 is 164 Å². The van der Waals surface area contributed by atoms with Crippen LogP contribution in [0.2, 0.25) is 39.3 Å². The van der Waals surface area contributed by atoms with E-state index in [-0.39, 0.29) is 0 Å². The molecule has 0 fully saturated rings. The molecule has 128 valence electrons. The summed E-state index contributed by atoms with van der Waals surface area (Å²) in [4.78, 5) is 9.58. The third-order valence-corrected chi connectivity index (χ3v) is 43.1. The third-order valence-electron chi connectivity index (χ3n) is 4.79. The summed E-state index contributed by atoms with van der Waals surface area (Å²) in [5, 5.41) is 1.19. The molecule has 0 aliphatic heterocycles. The molecule has 0 aromatic carbocycles. The Morgan fingerprint density at radius 2 is 1.42 bits per heavy atom. The number of hydrogen-bond donors (Lipinski definition) is 0. The summed E-state index contributed by atoms with van der Waals surface area (Å²) in [5.74, 6) is 0. The van der Waals surface area contributed by atoms with Gasteiger partial charge in [0.25, 0.3) is 0 Å². The first kappa shape index (κ1) is 20.4. The molecule has 0 radical (unpaired) electrons. The molecule has 2 aromatic rings. The predicted octanol–water partition coefficient (Wildman–Crippen LogP) is 3.95. The monoisotopic (exact) mass is 532 g/mol. The van der Waals surface area contributed by atoms with Crippen LogP contribution in [0.4, 0.5) is 0 Å². The van der Waals surface area contributed by atoms with Crippen molar-refractivity contribution >= 4 is 46.0 Å². The molecule has 0 N–H and O–H groups in total. The van der Waals surface area contributed by atoms with E-state index in [4.69, 9.17) is 4.98 Å². The van der Waals surface area contributed by atoms with Crippen LogP contribution in [0.15, 0.2) is 48.8 Å². The summed E-state index contributed by atoms with van der Waals surface area (Å²) in [6.07, 6.45) is 3.94. The SMILES string of the molecule is C[Si](C)(C)[C](c1ccccn1)([Ge](=[Te])[CH2]c1ccccn1)[Si](C)(C)C. The molecule has 0 amide bonds. The maximum atomic E-state index is 4.94. The standard InChI is InChI=1S/C18H28GeN2Si2Te/c1-22(2,3)18(23(4,5)6,17-12-8-10-14-21-17)19(24)15-16-11-7-9-13-20-16/h7-14H,15H2,1-6H3. The summed E-state index contributed by atoms with van der Waals surface area (Å²) in [6.45, 7) is 15.4. The molecule has 0 bridgehead atoms. The fourth-order valence-corrected chi connectivity index (χ4v) is 61.8. The summed E-state index contributed by atoms with van der Waals surface area (Å²) in [6, 6.07) is 12.9. The van der Waals surface area contributed by atoms with Crippen molar-refractivity contribution in [2.45, 2.75) is 48.0 Å². The van der Waals surface area contributed by atoms with Crippen molar-refractivity contribution < 1.29 is 0 Å². The average molecular weight is 529 g/mol. The van der Waals surface area contributed by atoms with Crippen molar-refractivity contribution in [2.75, 3.05) is 0 Å². The van der Waals surface area contributed by atoms with Gasteiger partial charge in [0.2, 0.25) is 0 Å². The van der Waals surface area contributed by atoms with Gasteiger partial charge in [0.1, 0.15) is 0 Å². The van der Waals surface area contributed by atoms with Gasteiger partial charge in [-0.3, -0.25) is 0 Å². The van der Waals surface area contributed by atoms with E-state index in [1.54, 1.807) is 0 Å². The van der Waals surface area contributed by atoms with E-state index in [0.29, 0.717) is 3.49 Å². The van der Waals surface area contributed by atoms with Gasteiger partial charge in [0.15, 0.2) is 0 Å². The molecule has 0 spiro atoms. The van der Waals surface area contributed by atoms with Crippen molar-refractivity contribution in [1.29, 1.82) is 0 Å². The van der Waals surface area contributed by atoms with Gasteiger partial charge in [0, 0.05) is 0 Å². The summed E-state index contributed by atoms with van der Waals surface area (Å²) in [7, 11) is -4.45. The normalized spacial score (nSPS) is 12.9. The molecule has 0 aliphatic carbocycles. The topological polar surface area (TPSA) is 25.8 Å². The van der Waals surface area contributed by atoms with Crippen LogP contribution in [0.3, 0.4) is 0 Å². The van der Waals surface area contributed by atoms with Crippen LogP contribution >= 0.6 is 0 Å².